The Morgan fingerprint density at radius 2 is 1.86 bits per heavy atom. The van der Waals surface area contributed by atoms with Gasteiger partial charge in [-0.05, 0) is 24.1 Å². The molecule has 0 fully saturated rings. The van der Waals surface area contributed by atoms with Crippen LogP contribution in [0.5, 0.6) is 5.75 Å². The molecule has 1 aromatic rings. The second-order valence-electron chi connectivity index (χ2n) is 2.65. The summed E-state index contributed by atoms with van der Waals surface area (Å²) < 4.78 is 0. The molecule has 0 unspecified atom stereocenters. The minimum absolute atomic E-state index is 0. The first kappa shape index (κ1) is 11.3. The van der Waals surface area contributed by atoms with Gasteiger partial charge in [0.15, 0.2) is 0 Å². The molecule has 72 valence electrons. The largest absolute Gasteiger partial charge is 0.508 e. The molecule has 0 aromatic heterocycles. The van der Waals surface area contributed by atoms with Gasteiger partial charge in [-0.2, -0.15) is 0 Å². The van der Waals surface area contributed by atoms with Gasteiger partial charge in [0.25, 0.3) is 0 Å². The van der Waals surface area contributed by atoms with Crippen molar-refractivity contribution in [2.45, 2.75) is 6.42 Å². The third-order valence-corrected chi connectivity index (χ3v) is 1.63. The average Bonchev–Trinajstić information content (AvgIpc) is 2.08. The molecule has 4 nitrogen and oxygen atoms in total. The summed E-state index contributed by atoms with van der Waals surface area (Å²) in [5.74, 6) is 0.218. The normalized spacial score (nSPS) is 8.86. The Balaban J connectivity index is 0.00000169. The number of phenolic OH excluding ortho intramolecular Hbond substituents is 1. The molecular weight excluding hydrogens is 437 g/mol. The molecule has 0 atom stereocenters. The summed E-state index contributed by atoms with van der Waals surface area (Å²) >= 11 is 0. The zero-order chi connectivity index (χ0) is 9.68. The molecule has 0 aliphatic heterocycles. The van der Waals surface area contributed by atoms with Crippen molar-refractivity contribution in [3.8, 4) is 5.75 Å². The zero-order valence-corrected chi connectivity index (χ0v) is 14.1. The third-order valence-electron chi connectivity index (χ3n) is 1.63. The summed E-state index contributed by atoms with van der Waals surface area (Å²) in [6.07, 6.45) is -0.383. The van der Waals surface area contributed by atoms with Crippen LogP contribution in [0, 0.1) is 0 Å². The van der Waals surface area contributed by atoms with E-state index < -0.39 is 6.09 Å². The van der Waals surface area contributed by atoms with E-state index >= 15 is 0 Å². The van der Waals surface area contributed by atoms with Crippen molar-refractivity contribution >= 4 is 6.09 Å². The van der Waals surface area contributed by atoms with Gasteiger partial charge in [0, 0.05) is 6.54 Å². The minimum atomic E-state index is -1.02. The van der Waals surface area contributed by atoms with Crippen LogP contribution in [0.15, 0.2) is 24.3 Å². The fourth-order valence-electron chi connectivity index (χ4n) is 0.976. The first-order valence-corrected chi connectivity index (χ1v) is 3.93. The summed E-state index contributed by atoms with van der Waals surface area (Å²) in [6, 6.07) is 6.68. The number of aromatic hydroxyl groups is 1. The van der Waals surface area contributed by atoms with Gasteiger partial charge in [0.1, 0.15) is 5.75 Å². The summed E-state index contributed by atoms with van der Waals surface area (Å²) in [6.45, 7) is 0.389. The van der Waals surface area contributed by atoms with Crippen LogP contribution >= 0.6 is 0 Å². The van der Waals surface area contributed by atoms with Crippen molar-refractivity contribution in [2.75, 3.05) is 6.54 Å². The number of phenols is 1. The molecular formula is C9H11NO3Rf. The predicted molar refractivity (Wildman–Crippen MR) is 47.8 cm³/mol. The number of rotatable bonds is 3. The number of benzene rings is 1. The Morgan fingerprint density at radius 1 is 1.29 bits per heavy atom. The monoisotopic (exact) mass is 448 g/mol. The van der Waals surface area contributed by atoms with E-state index in [4.69, 9.17) is 10.2 Å². The van der Waals surface area contributed by atoms with E-state index in [1.54, 1.807) is 24.3 Å². The van der Waals surface area contributed by atoms with Crippen LogP contribution < -0.4 is 5.32 Å². The van der Waals surface area contributed by atoms with Gasteiger partial charge in [-0.15, -0.1) is 0 Å². The number of carboxylic acid groups (broad SMARTS) is 1. The van der Waals surface area contributed by atoms with Crippen LogP contribution in [0.3, 0.4) is 0 Å². The minimum Gasteiger partial charge on any atom is -0.508 e. The second-order valence-corrected chi connectivity index (χ2v) is 2.65. The molecule has 14 heavy (non-hydrogen) atoms. The molecule has 1 rings (SSSR count). The molecule has 0 aliphatic carbocycles. The van der Waals surface area contributed by atoms with Crippen LogP contribution in [0.2, 0.25) is 0 Å². The smallest absolute Gasteiger partial charge is 0.404 e. The van der Waals surface area contributed by atoms with Gasteiger partial charge >= 0.3 is 6.09 Å². The van der Waals surface area contributed by atoms with Crippen LogP contribution in [-0.4, -0.2) is 22.9 Å². The van der Waals surface area contributed by atoms with Gasteiger partial charge in [-0.1, -0.05) is 12.1 Å². The Labute approximate surface area is 75.8 Å². The van der Waals surface area contributed by atoms with Crippen molar-refractivity contribution < 1.29 is 15.0 Å². The van der Waals surface area contributed by atoms with E-state index in [9.17, 15) is 4.79 Å². The van der Waals surface area contributed by atoms with Crippen LogP contribution in [0.25, 0.3) is 0 Å². The van der Waals surface area contributed by atoms with E-state index in [0.717, 1.165) is 5.56 Å². The molecule has 1 aromatic carbocycles. The summed E-state index contributed by atoms with van der Waals surface area (Å²) in [4.78, 5) is 10.1. The molecule has 0 spiro atoms. The predicted octanol–water partition coefficient (Wildman–Crippen LogP) is 1.20. The molecule has 0 saturated carbocycles. The number of hydrogen-bond acceptors (Lipinski definition) is 2. The molecule has 0 heterocycles. The van der Waals surface area contributed by atoms with Gasteiger partial charge < -0.3 is 15.5 Å². The van der Waals surface area contributed by atoms with Crippen LogP contribution in [0.1, 0.15) is 5.56 Å². The van der Waals surface area contributed by atoms with Crippen molar-refractivity contribution in [1.82, 2.24) is 5.32 Å². The van der Waals surface area contributed by atoms with E-state index in [-0.39, 0.29) is 5.75 Å². The Hall–Kier alpha value is -2.71. The summed E-state index contributed by atoms with van der Waals surface area (Å²) in [5, 5.41) is 19.5. The maximum absolute atomic E-state index is 10.1. The van der Waals surface area contributed by atoms with Crippen LogP contribution in [-0.2, 0) is 6.42 Å². The quantitative estimate of drug-likeness (QED) is 0.652. The number of hydrogen-bond donors (Lipinski definition) is 3. The SMILES string of the molecule is O=C(O)NCCc1ccc(O)cc1.[Rf]. The van der Waals surface area contributed by atoms with Crippen molar-refractivity contribution in [2.24, 2.45) is 0 Å². The fourth-order valence-corrected chi connectivity index (χ4v) is 0.976. The van der Waals surface area contributed by atoms with E-state index in [1.165, 1.54) is 0 Å². The fraction of sp³-hybridized carbons (Fsp3) is 0.222. The standard InChI is InChI=1S/C9H11NO3.Rf/c11-8-3-1-7(2-4-8)5-6-10-9(12)13;/h1-4,10-11H,5-6H2,(H,12,13);. The molecule has 0 saturated heterocycles. The number of nitrogens with one attached hydrogen (secondary N) is 1. The molecule has 1 amide bonds. The zero-order valence-electron chi connectivity index (χ0n) is 7.73. The molecule has 3 N–H and O–H groups in total. The van der Waals surface area contributed by atoms with Gasteiger partial charge in [0.2, 0.25) is 0 Å². The van der Waals surface area contributed by atoms with Crippen molar-refractivity contribution in [3.05, 3.63) is 29.8 Å². The van der Waals surface area contributed by atoms with Gasteiger partial charge in [0.05, 0.1) is 0 Å². The number of carbonyl (C=O) groups is 1. The third kappa shape index (κ3) is 3.61. The first-order valence-electron chi connectivity index (χ1n) is 3.93. The maximum atomic E-state index is 10.1. The van der Waals surface area contributed by atoms with Gasteiger partial charge in [-0.25, -0.2) is 4.79 Å². The number of amides is 1. The van der Waals surface area contributed by atoms with E-state index in [2.05, 4.69) is 5.32 Å². The van der Waals surface area contributed by atoms with Gasteiger partial charge in [-0.3, -0.25) is 0 Å². The summed E-state index contributed by atoms with van der Waals surface area (Å²) in [7, 11) is 0. The second kappa shape index (κ2) is 5.03. The van der Waals surface area contributed by atoms with E-state index in [1.807, 2.05) is 0 Å². The van der Waals surface area contributed by atoms with Crippen LogP contribution in [0.4, 0.5) is 4.79 Å². The average molecular weight is 448 g/mol. The Morgan fingerprint density at radius 3 is 2.36 bits per heavy atom. The maximum Gasteiger partial charge on any atom is 0.404 e. The topological polar surface area (TPSA) is 69.6 Å². The summed E-state index contributed by atoms with van der Waals surface area (Å²) in [5.41, 5.74) is 0.992. The first-order chi connectivity index (χ1) is 6.18. The van der Waals surface area contributed by atoms with Crippen molar-refractivity contribution in [3.63, 3.8) is 0 Å². The molecule has 0 radical (unpaired) electrons. The molecule has 0 aliphatic rings. The Kier molecular flexibility index (Phi) is 4.05. The van der Waals surface area contributed by atoms with E-state index in [0.29, 0.717) is 13.0 Å². The molecule has 5 heteroatoms. The molecule has 0 bridgehead atoms. The van der Waals surface area contributed by atoms with Crippen molar-refractivity contribution in [1.29, 1.82) is 0 Å². The Bertz CT molecular complexity index is 287.